The first kappa shape index (κ1) is 19.5. The normalized spacial score (nSPS) is 10.8. The fraction of sp³-hybridized carbons (Fsp3) is 0.333. The lowest BCUT2D eigenvalue weighted by Gasteiger charge is -2.15. The van der Waals surface area contributed by atoms with Crippen LogP contribution in [0, 0.1) is 0 Å². The third-order valence-corrected chi connectivity index (χ3v) is 4.57. The summed E-state index contributed by atoms with van der Waals surface area (Å²) >= 11 is 0. The number of benzene rings is 2. The summed E-state index contributed by atoms with van der Waals surface area (Å²) in [5, 5.41) is 24.4. The molecule has 0 aliphatic heterocycles. The zero-order valence-electron chi connectivity index (χ0n) is 16.1. The van der Waals surface area contributed by atoms with E-state index in [9.17, 15) is 9.90 Å². The van der Waals surface area contributed by atoms with Gasteiger partial charge in [-0.2, -0.15) is 5.21 Å². The van der Waals surface area contributed by atoms with Crippen molar-refractivity contribution < 1.29 is 14.6 Å². The molecular weight excluding hydrogens is 356 g/mol. The van der Waals surface area contributed by atoms with E-state index < -0.39 is 0 Å². The summed E-state index contributed by atoms with van der Waals surface area (Å²) in [5.74, 6) is 1.40. The van der Waals surface area contributed by atoms with E-state index in [4.69, 9.17) is 4.74 Å². The summed E-state index contributed by atoms with van der Waals surface area (Å²) in [7, 11) is 0. The van der Waals surface area contributed by atoms with E-state index in [1.165, 1.54) is 0 Å². The molecule has 0 unspecified atom stereocenters. The monoisotopic (exact) mass is 380 g/mol. The maximum atomic E-state index is 12.0. The number of tetrazole rings is 1. The Bertz CT molecular complexity index is 922. The molecule has 2 aromatic carbocycles. The predicted octanol–water partition coefficient (Wildman–Crippen LogP) is 3.62. The number of carbonyl (C=O) groups excluding carboxylic acids is 1. The second kappa shape index (κ2) is 9.12. The molecule has 28 heavy (non-hydrogen) atoms. The highest BCUT2D eigenvalue weighted by Crippen LogP contribution is 2.29. The number of hydrogen-bond donors (Lipinski definition) is 2. The number of Topliss-reactive ketones (excluding diaryl/α,β-unsaturated/α-hetero) is 1. The largest absolute Gasteiger partial charge is 0.507 e. The molecule has 1 heterocycles. The Balaban J connectivity index is 1.71. The summed E-state index contributed by atoms with van der Waals surface area (Å²) < 4.78 is 5.91. The van der Waals surface area contributed by atoms with Crippen LogP contribution in [0.3, 0.4) is 0 Å². The number of nitrogens with zero attached hydrogens (tertiary/aromatic N) is 3. The van der Waals surface area contributed by atoms with Crippen LogP contribution in [0.2, 0.25) is 0 Å². The van der Waals surface area contributed by atoms with Crippen molar-refractivity contribution in [1.29, 1.82) is 0 Å². The maximum Gasteiger partial charge on any atom is 0.178 e. The Morgan fingerprint density at radius 1 is 1.14 bits per heavy atom. The third-order valence-electron chi connectivity index (χ3n) is 4.57. The number of aromatic nitrogens is 4. The van der Waals surface area contributed by atoms with Crippen molar-refractivity contribution in [2.24, 2.45) is 0 Å². The Hall–Kier alpha value is -3.22. The quantitative estimate of drug-likeness (QED) is 0.550. The third kappa shape index (κ3) is 4.54. The Labute approximate surface area is 163 Å². The Morgan fingerprint density at radius 2 is 1.93 bits per heavy atom. The van der Waals surface area contributed by atoms with E-state index in [1.54, 1.807) is 13.0 Å². The molecule has 1 aromatic heterocycles. The van der Waals surface area contributed by atoms with E-state index in [0.29, 0.717) is 37.3 Å². The van der Waals surface area contributed by atoms with Crippen molar-refractivity contribution in [3.8, 4) is 11.5 Å². The van der Waals surface area contributed by atoms with Gasteiger partial charge in [0.1, 0.15) is 18.1 Å². The fourth-order valence-electron chi connectivity index (χ4n) is 3.06. The molecule has 0 radical (unpaired) electrons. The molecule has 0 bridgehead atoms. The van der Waals surface area contributed by atoms with Gasteiger partial charge in [0.05, 0.1) is 5.56 Å². The first-order chi connectivity index (χ1) is 13.6. The van der Waals surface area contributed by atoms with E-state index >= 15 is 0 Å². The number of ketones is 1. The molecule has 0 saturated carbocycles. The second-order valence-electron chi connectivity index (χ2n) is 6.56. The molecule has 0 saturated heterocycles. The van der Waals surface area contributed by atoms with Crippen LogP contribution in [0.1, 0.15) is 59.6 Å². The topological polar surface area (TPSA) is 101 Å². The van der Waals surface area contributed by atoms with Crippen molar-refractivity contribution in [2.75, 3.05) is 0 Å². The van der Waals surface area contributed by atoms with E-state index in [1.807, 2.05) is 37.3 Å². The molecule has 2 N–H and O–H groups in total. The molecule has 0 atom stereocenters. The minimum absolute atomic E-state index is 0.0560. The lowest BCUT2D eigenvalue weighted by molar-refractivity contribution is 0.0985. The number of nitrogens with one attached hydrogen (secondary N) is 1. The van der Waals surface area contributed by atoms with Gasteiger partial charge in [-0.25, -0.2) is 0 Å². The van der Waals surface area contributed by atoms with Gasteiger partial charge in [0.25, 0.3) is 0 Å². The molecule has 0 aliphatic carbocycles. The second-order valence-corrected chi connectivity index (χ2v) is 6.56. The lowest BCUT2D eigenvalue weighted by Crippen LogP contribution is -2.05. The summed E-state index contributed by atoms with van der Waals surface area (Å²) in [6, 6.07) is 11.3. The molecule has 3 rings (SSSR count). The lowest BCUT2D eigenvalue weighted by atomic mass is 9.96. The van der Waals surface area contributed by atoms with Crippen LogP contribution < -0.4 is 4.74 Å². The molecule has 0 spiro atoms. The van der Waals surface area contributed by atoms with E-state index in [-0.39, 0.29) is 11.5 Å². The van der Waals surface area contributed by atoms with Crippen LogP contribution >= 0.6 is 0 Å². The first-order valence-electron chi connectivity index (χ1n) is 9.43. The van der Waals surface area contributed by atoms with Crippen LogP contribution in [0.25, 0.3) is 0 Å². The molecule has 7 heteroatoms. The van der Waals surface area contributed by atoms with E-state index in [0.717, 1.165) is 28.9 Å². The van der Waals surface area contributed by atoms with Gasteiger partial charge in [-0.3, -0.25) is 4.79 Å². The number of phenolic OH excluding ortho intramolecular Hbond substituents is 1. The van der Waals surface area contributed by atoms with Gasteiger partial charge in [0.2, 0.25) is 0 Å². The molecule has 0 fully saturated rings. The fourth-order valence-corrected chi connectivity index (χ4v) is 3.06. The van der Waals surface area contributed by atoms with Gasteiger partial charge in [0.15, 0.2) is 11.6 Å². The van der Waals surface area contributed by atoms with Crippen LogP contribution in [-0.4, -0.2) is 31.5 Å². The molecule has 7 nitrogen and oxygen atoms in total. The van der Waals surface area contributed by atoms with Crippen LogP contribution in [0.5, 0.6) is 11.5 Å². The average molecular weight is 380 g/mol. The number of phenols is 1. The standard InChI is InChI=1S/C21H24N4O3/c1-3-5-17-15(8-11-18(21(17)27)19(26)4-2)13-28-16-9-6-14(7-10-16)12-20-22-24-25-23-20/h6-11,27H,3-5,12-13H2,1-2H3,(H,22,23,24,25). The summed E-state index contributed by atoms with van der Waals surface area (Å²) in [4.78, 5) is 12.0. The highest BCUT2D eigenvalue weighted by atomic mass is 16.5. The number of aromatic amines is 1. The summed E-state index contributed by atoms with van der Waals surface area (Å²) in [6.45, 7) is 4.16. The van der Waals surface area contributed by atoms with Gasteiger partial charge in [-0.1, -0.05) is 43.7 Å². The van der Waals surface area contributed by atoms with Gasteiger partial charge in [-0.15, -0.1) is 10.2 Å². The SMILES string of the molecule is CCCc1c(COc2ccc(Cc3nn[nH]n3)cc2)ccc(C(=O)CC)c1O. The number of rotatable bonds is 9. The number of hydrogen-bond acceptors (Lipinski definition) is 6. The predicted molar refractivity (Wildman–Crippen MR) is 104 cm³/mol. The molecular formula is C21H24N4O3. The highest BCUT2D eigenvalue weighted by Gasteiger charge is 2.16. The van der Waals surface area contributed by atoms with Gasteiger partial charge in [0, 0.05) is 18.4 Å². The number of ether oxygens (including phenoxy) is 1. The van der Waals surface area contributed by atoms with Gasteiger partial charge >= 0.3 is 0 Å². The van der Waals surface area contributed by atoms with Crippen LogP contribution in [0.15, 0.2) is 36.4 Å². The van der Waals surface area contributed by atoms with Crippen molar-refractivity contribution in [3.63, 3.8) is 0 Å². The van der Waals surface area contributed by atoms with Crippen molar-refractivity contribution in [3.05, 3.63) is 64.5 Å². The summed E-state index contributed by atoms with van der Waals surface area (Å²) in [5.41, 5.74) is 3.12. The van der Waals surface area contributed by atoms with Gasteiger partial charge in [-0.05, 0) is 35.7 Å². The Kier molecular flexibility index (Phi) is 6.37. The highest BCUT2D eigenvalue weighted by molar-refractivity contribution is 5.98. The molecule has 3 aromatic rings. The minimum atomic E-state index is -0.0560. The van der Waals surface area contributed by atoms with Crippen molar-refractivity contribution in [1.82, 2.24) is 20.6 Å². The zero-order valence-corrected chi connectivity index (χ0v) is 16.1. The molecule has 0 aliphatic rings. The molecule has 146 valence electrons. The van der Waals surface area contributed by atoms with Crippen molar-refractivity contribution >= 4 is 5.78 Å². The smallest absolute Gasteiger partial charge is 0.178 e. The summed E-state index contributed by atoms with van der Waals surface area (Å²) in [6.07, 6.45) is 2.53. The Morgan fingerprint density at radius 3 is 2.57 bits per heavy atom. The number of aromatic hydroxyl groups is 1. The number of H-pyrrole nitrogens is 1. The number of carbonyl (C=O) groups is 1. The molecule has 0 amide bonds. The van der Waals surface area contributed by atoms with Gasteiger partial charge < -0.3 is 9.84 Å². The van der Waals surface area contributed by atoms with Crippen molar-refractivity contribution in [2.45, 2.75) is 46.1 Å². The average Bonchev–Trinajstić information content (AvgIpc) is 3.22. The van der Waals surface area contributed by atoms with Crippen LogP contribution in [-0.2, 0) is 19.4 Å². The van der Waals surface area contributed by atoms with Crippen LogP contribution in [0.4, 0.5) is 0 Å². The minimum Gasteiger partial charge on any atom is -0.507 e. The first-order valence-corrected chi connectivity index (χ1v) is 9.43. The maximum absolute atomic E-state index is 12.0. The van der Waals surface area contributed by atoms with E-state index in [2.05, 4.69) is 20.6 Å². The zero-order chi connectivity index (χ0) is 19.9.